The minimum Gasteiger partial charge on any atom is -0.392 e. The molecule has 2 aliphatic rings. The molecule has 0 bridgehead atoms. The van der Waals surface area contributed by atoms with Crippen molar-refractivity contribution in [3.05, 3.63) is 0 Å². The summed E-state index contributed by atoms with van der Waals surface area (Å²) in [6.45, 7) is 10.6. The van der Waals surface area contributed by atoms with Gasteiger partial charge in [0.25, 0.3) is 0 Å². The minimum atomic E-state index is -0.526. The number of nitrogens with two attached hydrogens (primary N) is 1. The molecule has 1 atom stereocenters. The van der Waals surface area contributed by atoms with Crippen LogP contribution in [0.5, 0.6) is 0 Å². The van der Waals surface area contributed by atoms with E-state index >= 15 is 0 Å². The van der Waals surface area contributed by atoms with Crippen LogP contribution in [-0.2, 0) is 4.79 Å². The van der Waals surface area contributed by atoms with E-state index in [1.807, 2.05) is 4.90 Å². The molecule has 0 spiro atoms. The highest BCUT2D eigenvalue weighted by atomic mass is 32.1. The number of hydrogen-bond donors (Lipinski definition) is 1. The molecule has 1 saturated heterocycles. The first kappa shape index (κ1) is 14.8. The van der Waals surface area contributed by atoms with Gasteiger partial charge in [0.15, 0.2) is 0 Å². The Bertz CT molecular complexity index is 393. The zero-order valence-electron chi connectivity index (χ0n) is 12.5. The van der Waals surface area contributed by atoms with Crippen LogP contribution in [0, 0.1) is 22.7 Å². The minimum absolute atomic E-state index is 0.185. The zero-order valence-corrected chi connectivity index (χ0v) is 13.3. The van der Waals surface area contributed by atoms with Crippen LogP contribution in [-0.4, -0.2) is 28.9 Å². The van der Waals surface area contributed by atoms with Gasteiger partial charge in [0.05, 0.1) is 10.4 Å². The van der Waals surface area contributed by atoms with Crippen molar-refractivity contribution in [2.45, 2.75) is 47.0 Å². The van der Waals surface area contributed by atoms with Crippen LogP contribution in [0.4, 0.5) is 0 Å². The zero-order chi connectivity index (χ0) is 14.4. The Hall–Kier alpha value is -0.640. The van der Waals surface area contributed by atoms with Crippen molar-refractivity contribution in [3.8, 4) is 0 Å². The smallest absolute Gasteiger partial charge is 0.235 e. The number of likely N-dealkylation sites (tertiary alicyclic amines) is 1. The molecule has 0 radical (unpaired) electrons. The molecule has 1 amide bonds. The van der Waals surface area contributed by atoms with Crippen molar-refractivity contribution in [1.29, 1.82) is 0 Å². The number of nitrogens with zero attached hydrogens (tertiary/aromatic N) is 1. The first-order valence-electron chi connectivity index (χ1n) is 7.26. The molecule has 0 aromatic carbocycles. The number of amides is 1. The molecule has 1 unspecified atom stereocenters. The maximum Gasteiger partial charge on any atom is 0.235 e. The van der Waals surface area contributed by atoms with Gasteiger partial charge in [-0.05, 0) is 36.5 Å². The molecule has 19 heavy (non-hydrogen) atoms. The van der Waals surface area contributed by atoms with E-state index in [0.29, 0.717) is 16.8 Å². The quantitative estimate of drug-likeness (QED) is 0.792. The fourth-order valence-electron chi connectivity index (χ4n) is 3.57. The normalized spacial score (nSPS) is 35.1. The Morgan fingerprint density at radius 2 is 1.95 bits per heavy atom. The van der Waals surface area contributed by atoms with E-state index < -0.39 is 5.41 Å². The van der Waals surface area contributed by atoms with Crippen molar-refractivity contribution in [1.82, 2.24) is 4.90 Å². The number of hydrogen-bond acceptors (Lipinski definition) is 2. The third-order valence-corrected chi connectivity index (χ3v) is 5.37. The summed E-state index contributed by atoms with van der Waals surface area (Å²) in [4.78, 5) is 15.2. The lowest BCUT2D eigenvalue weighted by Crippen LogP contribution is -2.56. The van der Waals surface area contributed by atoms with Crippen molar-refractivity contribution in [2.75, 3.05) is 13.1 Å². The topological polar surface area (TPSA) is 46.3 Å². The summed E-state index contributed by atoms with van der Waals surface area (Å²) < 4.78 is 0. The van der Waals surface area contributed by atoms with E-state index in [2.05, 4.69) is 27.7 Å². The van der Waals surface area contributed by atoms with Gasteiger partial charge < -0.3 is 10.6 Å². The van der Waals surface area contributed by atoms with Crippen LogP contribution in [0.3, 0.4) is 0 Å². The lowest BCUT2D eigenvalue weighted by Gasteiger charge is -2.46. The fourth-order valence-corrected chi connectivity index (χ4v) is 3.82. The second-order valence-corrected chi connectivity index (χ2v) is 8.00. The van der Waals surface area contributed by atoms with E-state index in [4.69, 9.17) is 18.0 Å². The summed E-state index contributed by atoms with van der Waals surface area (Å²) in [6, 6.07) is 0. The molecule has 1 aliphatic carbocycles. The average Bonchev–Trinajstić information content (AvgIpc) is 2.71. The summed E-state index contributed by atoms with van der Waals surface area (Å²) in [5.41, 5.74) is 5.60. The highest BCUT2D eigenvalue weighted by Crippen LogP contribution is 2.48. The summed E-state index contributed by atoms with van der Waals surface area (Å²) in [7, 11) is 0. The van der Waals surface area contributed by atoms with Gasteiger partial charge in [-0.15, -0.1) is 0 Å². The van der Waals surface area contributed by atoms with Crippen molar-refractivity contribution < 1.29 is 4.79 Å². The highest BCUT2D eigenvalue weighted by Gasteiger charge is 2.53. The first-order chi connectivity index (χ1) is 8.67. The molecular weight excluding hydrogens is 256 g/mol. The van der Waals surface area contributed by atoms with Gasteiger partial charge in [-0.2, -0.15) is 0 Å². The van der Waals surface area contributed by atoms with Gasteiger partial charge in [0, 0.05) is 13.1 Å². The fraction of sp³-hybridized carbons (Fsp3) is 0.867. The Morgan fingerprint density at radius 1 is 1.37 bits per heavy atom. The van der Waals surface area contributed by atoms with E-state index in [1.54, 1.807) is 0 Å². The van der Waals surface area contributed by atoms with E-state index in [-0.39, 0.29) is 11.3 Å². The van der Waals surface area contributed by atoms with Gasteiger partial charge >= 0.3 is 0 Å². The summed E-state index contributed by atoms with van der Waals surface area (Å²) >= 11 is 5.18. The molecule has 0 aromatic rings. The molecule has 1 saturated carbocycles. The molecule has 2 rings (SSSR count). The summed E-state index contributed by atoms with van der Waals surface area (Å²) in [5, 5.41) is 0. The monoisotopic (exact) mass is 282 g/mol. The second kappa shape index (κ2) is 4.72. The maximum atomic E-state index is 12.8. The Labute approximate surface area is 121 Å². The average molecular weight is 282 g/mol. The number of thiocarbonyl (C=S) groups is 1. The van der Waals surface area contributed by atoms with Crippen LogP contribution in [0.25, 0.3) is 0 Å². The predicted octanol–water partition coefficient (Wildman–Crippen LogP) is 2.58. The molecule has 2 N–H and O–H groups in total. The standard InChI is InChI=1S/C15H26N2OS/c1-10-7-15(8-10,12(16)19)13(18)17-6-5-11(9-17)14(2,3)4/h10-11H,5-9H2,1-4H3,(H2,16,19). The van der Waals surface area contributed by atoms with Gasteiger partial charge in [-0.3, -0.25) is 4.79 Å². The third-order valence-electron chi connectivity index (χ3n) is 4.98. The molecule has 1 heterocycles. The lowest BCUT2D eigenvalue weighted by molar-refractivity contribution is -0.143. The summed E-state index contributed by atoms with van der Waals surface area (Å²) in [5.74, 6) is 1.33. The van der Waals surface area contributed by atoms with Crippen LogP contribution in [0.1, 0.15) is 47.0 Å². The summed E-state index contributed by atoms with van der Waals surface area (Å²) in [6.07, 6.45) is 2.76. The molecule has 108 valence electrons. The van der Waals surface area contributed by atoms with Gasteiger partial charge in [0.1, 0.15) is 0 Å². The predicted molar refractivity (Wildman–Crippen MR) is 81.8 cm³/mol. The SMILES string of the molecule is CC1CC(C(=O)N2CCC(C(C)(C)C)C2)(C(N)=S)C1. The molecule has 0 aromatic heterocycles. The lowest BCUT2D eigenvalue weighted by atomic mass is 9.61. The number of rotatable bonds is 2. The molecule has 2 fully saturated rings. The molecular formula is C15H26N2OS. The van der Waals surface area contributed by atoms with Crippen LogP contribution < -0.4 is 5.73 Å². The van der Waals surface area contributed by atoms with Crippen molar-refractivity contribution in [3.63, 3.8) is 0 Å². The van der Waals surface area contributed by atoms with E-state index in [1.165, 1.54) is 0 Å². The maximum absolute atomic E-state index is 12.8. The van der Waals surface area contributed by atoms with Gasteiger partial charge in [-0.1, -0.05) is 39.9 Å². The van der Waals surface area contributed by atoms with Gasteiger partial charge in [-0.25, -0.2) is 0 Å². The molecule has 3 nitrogen and oxygen atoms in total. The number of carbonyl (C=O) groups is 1. The largest absolute Gasteiger partial charge is 0.392 e. The Balaban J connectivity index is 2.07. The second-order valence-electron chi connectivity index (χ2n) is 7.56. The Kier molecular flexibility index (Phi) is 3.67. The van der Waals surface area contributed by atoms with E-state index in [9.17, 15) is 4.79 Å². The van der Waals surface area contributed by atoms with E-state index in [0.717, 1.165) is 32.4 Å². The van der Waals surface area contributed by atoms with Crippen LogP contribution in [0.2, 0.25) is 0 Å². The Morgan fingerprint density at radius 3 is 2.32 bits per heavy atom. The molecule has 4 heteroatoms. The molecule has 1 aliphatic heterocycles. The van der Waals surface area contributed by atoms with Crippen molar-refractivity contribution in [2.24, 2.45) is 28.4 Å². The first-order valence-corrected chi connectivity index (χ1v) is 7.67. The van der Waals surface area contributed by atoms with Crippen LogP contribution >= 0.6 is 12.2 Å². The van der Waals surface area contributed by atoms with Crippen LogP contribution in [0.15, 0.2) is 0 Å². The number of carbonyl (C=O) groups excluding carboxylic acids is 1. The van der Waals surface area contributed by atoms with Crippen molar-refractivity contribution >= 4 is 23.1 Å². The van der Waals surface area contributed by atoms with Gasteiger partial charge in [0.2, 0.25) is 5.91 Å². The highest BCUT2D eigenvalue weighted by molar-refractivity contribution is 7.80. The third kappa shape index (κ3) is 2.51.